The van der Waals surface area contributed by atoms with Gasteiger partial charge in [-0.05, 0) is 40.9 Å². The SMILES string of the molecule is Brc1ccc(Cn2ccnc2NC2CC2)s1. The van der Waals surface area contributed by atoms with Crippen LogP contribution < -0.4 is 5.32 Å². The summed E-state index contributed by atoms with van der Waals surface area (Å²) in [7, 11) is 0. The number of nitrogens with zero attached hydrogens (tertiary/aromatic N) is 2. The van der Waals surface area contributed by atoms with Gasteiger partial charge in [-0.15, -0.1) is 11.3 Å². The number of thiophene rings is 1. The van der Waals surface area contributed by atoms with Crippen LogP contribution in [0.4, 0.5) is 5.95 Å². The zero-order valence-corrected chi connectivity index (χ0v) is 11.1. The maximum Gasteiger partial charge on any atom is 0.203 e. The molecular formula is C11H12BrN3S. The van der Waals surface area contributed by atoms with Gasteiger partial charge in [-0.2, -0.15) is 0 Å². The number of aromatic nitrogens is 2. The quantitative estimate of drug-likeness (QED) is 0.938. The van der Waals surface area contributed by atoms with E-state index in [4.69, 9.17) is 0 Å². The molecule has 1 N–H and O–H groups in total. The first kappa shape index (κ1) is 10.4. The summed E-state index contributed by atoms with van der Waals surface area (Å²) >= 11 is 5.25. The number of halogens is 1. The Kier molecular flexibility index (Phi) is 2.73. The summed E-state index contributed by atoms with van der Waals surface area (Å²) in [4.78, 5) is 5.68. The molecule has 0 bridgehead atoms. The van der Waals surface area contributed by atoms with Crippen molar-refractivity contribution in [2.75, 3.05) is 5.32 Å². The van der Waals surface area contributed by atoms with Gasteiger partial charge in [-0.3, -0.25) is 0 Å². The van der Waals surface area contributed by atoms with Crippen LogP contribution in [0.15, 0.2) is 28.3 Å². The predicted octanol–water partition coefficient (Wildman–Crippen LogP) is 3.33. The van der Waals surface area contributed by atoms with E-state index in [-0.39, 0.29) is 0 Å². The highest BCUT2D eigenvalue weighted by atomic mass is 79.9. The van der Waals surface area contributed by atoms with E-state index in [0.717, 1.165) is 12.5 Å². The molecule has 0 aromatic carbocycles. The number of nitrogens with one attached hydrogen (secondary N) is 1. The molecule has 0 spiro atoms. The number of anilines is 1. The maximum atomic E-state index is 4.34. The molecule has 2 heterocycles. The monoisotopic (exact) mass is 297 g/mol. The van der Waals surface area contributed by atoms with Gasteiger partial charge in [-0.1, -0.05) is 0 Å². The molecule has 3 rings (SSSR count). The van der Waals surface area contributed by atoms with Crippen LogP contribution in [0, 0.1) is 0 Å². The van der Waals surface area contributed by atoms with E-state index in [0.29, 0.717) is 6.04 Å². The summed E-state index contributed by atoms with van der Waals surface area (Å²) in [6, 6.07) is 4.89. The van der Waals surface area contributed by atoms with Gasteiger partial charge in [0.1, 0.15) is 0 Å². The first-order valence-corrected chi connectivity index (χ1v) is 6.94. The highest BCUT2D eigenvalue weighted by Crippen LogP contribution is 2.26. The van der Waals surface area contributed by atoms with Gasteiger partial charge in [0.05, 0.1) is 10.3 Å². The Morgan fingerprint density at radius 1 is 1.50 bits per heavy atom. The summed E-state index contributed by atoms with van der Waals surface area (Å²) < 4.78 is 3.34. The number of hydrogen-bond acceptors (Lipinski definition) is 3. The molecule has 1 aliphatic carbocycles. The van der Waals surface area contributed by atoms with Crippen LogP contribution in [-0.4, -0.2) is 15.6 Å². The van der Waals surface area contributed by atoms with Gasteiger partial charge in [0.15, 0.2) is 0 Å². The summed E-state index contributed by atoms with van der Waals surface area (Å²) in [5.41, 5.74) is 0. The van der Waals surface area contributed by atoms with Crippen molar-refractivity contribution in [1.29, 1.82) is 0 Å². The highest BCUT2D eigenvalue weighted by Gasteiger charge is 2.22. The van der Waals surface area contributed by atoms with E-state index in [1.54, 1.807) is 11.3 Å². The molecule has 1 fully saturated rings. The number of rotatable bonds is 4. The van der Waals surface area contributed by atoms with Gasteiger partial charge in [-0.25, -0.2) is 4.98 Å². The van der Waals surface area contributed by atoms with E-state index >= 15 is 0 Å². The molecule has 2 aromatic heterocycles. The molecular weight excluding hydrogens is 286 g/mol. The van der Waals surface area contributed by atoms with Gasteiger partial charge >= 0.3 is 0 Å². The molecule has 16 heavy (non-hydrogen) atoms. The molecule has 0 saturated heterocycles. The van der Waals surface area contributed by atoms with E-state index in [2.05, 4.69) is 42.9 Å². The average Bonchev–Trinajstić information content (AvgIpc) is 2.82. The van der Waals surface area contributed by atoms with Crippen LogP contribution >= 0.6 is 27.3 Å². The minimum absolute atomic E-state index is 0.649. The van der Waals surface area contributed by atoms with Gasteiger partial charge in [0.2, 0.25) is 5.95 Å². The molecule has 0 radical (unpaired) electrons. The van der Waals surface area contributed by atoms with E-state index in [9.17, 15) is 0 Å². The fourth-order valence-corrected chi connectivity index (χ4v) is 3.07. The summed E-state index contributed by atoms with van der Waals surface area (Å²) in [6.07, 6.45) is 6.43. The smallest absolute Gasteiger partial charge is 0.203 e. The molecule has 1 aliphatic rings. The Hall–Kier alpha value is -0.810. The lowest BCUT2D eigenvalue weighted by Crippen LogP contribution is -2.09. The van der Waals surface area contributed by atoms with Crippen molar-refractivity contribution >= 4 is 33.2 Å². The summed E-state index contributed by atoms with van der Waals surface area (Å²) in [5, 5.41) is 3.44. The Balaban J connectivity index is 1.75. The number of imidazole rings is 1. The van der Waals surface area contributed by atoms with Crippen molar-refractivity contribution in [3.63, 3.8) is 0 Å². The summed E-state index contributed by atoms with van der Waals surface area (Å²) in [5.74, 6) is 0.993. The standard InChI is InChI=1S/C11H12BrN3S/c12-10-4-3-9(16-10)7-15-6-5-13-11(15)14-8-1-2-8/h3-6,8H,1-2,7H2,(H,13,14). The molecule has 5 heteroatoms. The van der Waals surface area contributed by atoms with Crippen LogP contribution in [0.5, 0.6) is 0 Å². The minimum atomic E-state index is 0.649. The van der Waals surface area contributed by atoms with Gasteiger partial charge in [0, 0.05) is 23.3 Å². The zero-order chi connectivity index (χ0) is 11.0. The van der Waals surface area contributed by atoms with Crippen molar-refractivity contribution in [2.45, 2.75) is 25.4 Å². The second-order valence-corrected chi connectivity index (χ2v) is 6.55. The van der Waals surface area contributed by atoms with Crippen molar-refractivity contribution < 1.29 is 0 Å². The first-order valence-electron chi connectivity index (χ1n) is 5.33. The molecule has 0 aliphatic heterocycles. The van der Waals surface area contributed by atoms with Crippen LogP contribution in [0.3, 0.4) is 0 Å². The molecule has 0 atom stereocenters. The topological polar surface area (TPSA) is 29.9 Å². The van der Waals surface area contributed by atoms with Gasteiger partial charge < -0.3 is 9.88 Å². The lowest BCUT2D eigenvalue weighted by molar-refractivity contribution is 0.808. The van der Waals surface area contributed by atoms with E-state index < -0.39 is 0 Å². The van der Waals surface area contributed by atoms with Crippen LogP contribution in [-0.2, 0) is 6.54 Å². The third-order valence-electron chi connectivity index (χ3n) is 2.58. The maximum absolute atomic E-state index is 4.34. The third kappa shape index (κ3) is 2.30. The number of hydrogen-bond donors (Lipinski definition) is 1. The van der Waals surface area contributed by atoms with Crippen molar-refractivity contribution in [1.82, 2.24) is 9.55 Å². The van der Waals surface area contributed by atoms with Gasteiger partial charge in [0.25, 0.3) is 0 Å². The van der Waals surface area contributed by atoms with Crippen LogP contribution in [0.1, 0.15) is 17.7 Å². The lowest BCUT2D eigenvalue weighted by atomic mass is 10.4. The molecule has 3 nitrogen and oxygen atoms in total. The van der Waals surface area contributed by atoms with Crippen molar-refractivity contribution in [3.8, 4) is 0 Å². The fraction of sp³-hybridized carbons (Fsp3) is 0.364. The zero-order valence-electron chi connectivity index (χ0n) is 8.69. The van der Waals surface area contributed by atoms with Crippen molar-refractivity contribution in [3.05, 3.63) is 33.2 Å². The van der Waals surface area contributed by atoms with E-state index in [1.165, 1.54) is 21.5 Å². The average molecular weight is 298 g/mol. The Morgan fingerprint density at radius 2 is 2.38 bits per heavy atom. The molecule has 0 unspecified atom stereocenters. The Labute approximate surface area is 107 Å². The Bertz CT molecular complexity index is 487. The normalized spacial score (nSPS) is 15.3. The minimum Gasteiger partial charge on any atom is -0.353 e. The largest absolute Gasteiger partial charge is 0.353 e. The fourth-order valence-electron chi connectivity index (χ4n) is 1.59. The molecule has 2 aromatic rings. The first-order chi connectivity index (χ1) is 7.81. The Morgan fingerprint density at radius 3 is 3.06 bits per heavy atom. The third-order valence-corrected chi connectivity index (χ3v) is 4.19. The molecule has 1 saturated carbocycles. The molecule has 84 valence electrons. The summed E-state index contributed by atoms with van der Waals surface area (Å²) in [6.45, 7) is 0.894. The van der Waals surface area contributed by atoms with Crippen LogP contribution in [0.25, 0.3) is 0 Å². The van der Waals surface area contributed by atoms with Crippen molar-refractivity contribution in [2.24, 2.45) is 0 Å². The second-order valence-electron chi connectivity index (χ2n) is 4.00. The predicted molar refractivity (Wildman–Crippen MR) is 70.0 cm³/mol. The van der Waals surface area contributed by atoms with E-state index in [1.807, 2.05) is 12.4 Å². The highest BCUT2D eigenvalue weighted by molar-refractivity contribution is 9.11. The second kappa shape index (κ2) is 4.22. The molecule has 0 amide bonds. The van der Waals surface area contributed by atoms with Crippen LogP contribution in [0.2, 0.25) is 0 Å². The lowest BCUT2D eigenvalue weighted by Gasteiger charge is -2.07.